The maximum atomic E-state index is 7.50. The van der Waals surface area contributed by atoms with E-state index in [0.29, 0.717) is 18.4 Å². The van der Waals surface area contributed by atoms with Crippen LogP contribution in [0.15, 0.2) is 43.0 Å². The van der Waals surface area contributed by atoms with Crippen molar-refractivity contribution in [3.05, 3.63) is 81.8 Å². The molecule has 0 radical (unpaired) electrons. The van der Waals surface area contributed by atoms with Crippen molar-refractivity contribution in [1.82, 2.24) is 0 Å². The molecule has 0 unspecified atom stereocenters. The molecule has 2 rings (SSSR count). The fourth-order valence-corrected chi connectivity index (χ4v) is 2.10. The van der Waals surface area contributed by atoms with Gasteiger partial charge in [0.15, 0.2) is 0 Å². The summed E-state index contributed by atoms with van der Waals surface area (Å²) in [5, 5.41) is 0. The van der Waals surface area contributed by atoms with Crippen molar-refractivity contribution in [3.63, 3.8) is 0 Å². The molecule has 1 fully saturated rings. The molecular weight excluding hydrogens is 364 g/mol. The van der Waals surface area contributed by atoms with Gasteiger partial charge in [-0.15, -0.1) is 0 Å². The minimum atomic E-state index is 0.561. The van der Waals surface area contributed by atoms with Crippen LogP contribution in [-0.2, 0) is 50.5 Å². The topological polar surface area (TPSA) is 109 Å². The number of ether oxygens (including phenoxy) is 1. The third-order valence-electron chi connectivity index (χ3n) is 2.67. The molecule has 1 aliphatic carbocycles. The summed E-state index contributed by atoms with van der Waals surface area (Å²) in [5.74, 6) is 1.18. The number of allylic oxidation sites excluding steroid dienone is 1. The molecule has 0 amide bonds. The van der Waals surface area contributed by atoms with Gasteiger partial charge in [0.2, 0.25) is 0 Å². The van der Waals surface area contributed by atoms with E-state index < -0.39 is 0 Å². The van der Waals surface area contributed by atoms with Gasteiger partial charge in [0, 0.05) is 0 Å². The van der Waals surface area contributed by atoms with E-state index in [9.17, 15) is 0 Å². The van der Waals surface area contributed by atoms with Gasteiger partial charge in [0.25, 0.3) is 0 Å². The van der Waals surface area contributed by atoms with E-state index >= 15 is 0 Å². The van der Waals surface area contributed by atoms with Gasteiger partial charge in [-0.25, -0.2) is 0 Å². The third-order valence-corrected chi connectivity index (χ3v) is 3.33. The second kappa shape index (κ2) is 26.9. The Labute approximate surface area is 155 Å². The Morgan fingerprint density at radius 3 is 1.80 bits per heavy atom. The molecule has 6 nitrogen and oxygen atoms in total. The van der Waals surface area contributed by atoms with E-state index in [1.807, 2.05) is 24.3 Å². The van der Waals surface area contributed by atoms with Gasteiger partial charge < -0.3 is 0 Å². The summed E-state index contributed by atoms with van der Waals surface area (Å²) in [6.45, 7) is 26.9. The Morgan fingerprint density at radius 2 is 1.44 bits per heavy atom. The van der Waals surface area contributed by atoms with Gasteiger partial charge in [-0.1, -0.05) is 0 Å². The van der Waals surface area contributed by atoms with E-state index in [2.05, 4.69) is 67.8 Å². The fourth-order valence-electron chi connectivity index (χ4n) is 1.58. The van der Waals surface area contributed by atoms with E-state index in [1.54, 1.807) is 0 Å². The van der Waals surface area contributed by atoms with E-state index in [4.69, 9.17) is 28.0 Å². The summed E-state index contributed by atoms with van der Waals surface area (Å²) >= 11 is 3.02. The van der Waals surface area contributed by atoms with Crippen LogP contribution in [0.3, 0.4) is 0 Å². The molecule has 2 atom stereocenters. The van der Waals surface area contributed by atoms with Crippen molar-refractivity contribution >= 4 is 4.57 Å². The average molecular weight is 378 g/mol. The first-order valence-corrected chi connectivity index (χ1v) is 6.80. The van der Waals surface area contributed by atoms with Crippen LogP contribution in [0.4, 0.5) is 0 Å². The molecule has 1 aliphatic rings. The molecule has 7 heteroatoms. The molecule has 0 heterocycles. The summed E-state index contributed by atoms with van der Waals surface area (Å²) in [7, 11) is 0. The van der Waals surface area contributed by atoms with Gasteiger partial charge in [-0.3, -0.25) is 0 Å². The molecule has 0 N–H and O–H groups in total. The Balaban J connectivity index is -0.000000191. The van der Waals surface area contributed by atoms with E-state index in [0.717, 1.165) is 4.57 Å². The Bertz CT molecular complexity index is 522. The molecule has 0 spiro atoms. The van der Waals surface area contributed by atoms with Gasteiger partial charge in [0.1, 0.15) is 0 Å². The molecule has 0 aromatic heterocycles. The molecule has 1 aromatic carbocycles. The van der Waals surface area contributed by atoms with Crippen molar-refractivity contribution in [2.45, 2.75) is 13.0 Å². The first-order valence-electron chi connectivity index (χ1n) is 6.16. The molecule has 128 valence electrons. The molecule has 1 aromatic rings. The van der Waals surface area contributed by atoms with Crippen LogP contribution in [0.25, 0.3) is 0 Å². The van der Waals surface area contributed by atoms with Crippen molar-refractivity contribution in [1.29, 1.82) is 0 Å². The van der Waals surface area contributed by atoms with Crippen LogP contribution in [0.5, 0.6) is 0 Å². The molecule has 0 bridgehead atoms. The Kier molecular flexibility index (Phi) is 33.2. The van der Waals surface area contributed by atoms with Gasteiger partial charge >= 0.3 is 155 Å². The summed E-state index contributed by atoms with van der Waals surface area (Å²) < 4.78 is 44.2. The summed E-state index contributed by atoms with van der Waals surface area (Å²) in [4.78, 5) is 0. The third kappa shape index (κ3) is 16.7. The first kappa shape index (κ1) is 30.9. The molecular formula is C18H14CrO6. The quantitative estimate of drug-likeness (QED) is 0.438. The SMILES string of the molecule is C=C[C@@H]1C[C@H]1[C](=[Cr])OCc1ccccc1.[C-]#[O+].[C-]#[O+].[C-]#[O+].[C-]#[O+].[C-]#[O+]. The monoisotopic (exact) mass is 378 g/mol. The van der Waals surface area contributed by atoms with Crippen molar-refractivity contribution in [2.75, 3.05) is 0 Å². The summed E-state index contributed by atoms with van der Waals surface area (Å²) in [6.07, 6.45) is 3.19. The van der Waals surface area contributed by atoms with Crippen molar-refractivity contribution in [3.8, 4) is 0 Å². The number of hydrogen-bond acceptors (Lipinski definition) is 1. The zero-order valence-electron chi connectivity index (χ0n) is 13.1. The second-order valence-electron chi connectivity index (χ2n) is 3.84. The predicted octanol–water partition coefficient (Wildman–Crippen LogP) is 2.51. The zero-order valence-corrected chi connectivity index (χ0v) is 14.4. The second-order valence-corrected chi connectivity index (χ2v) is 4.46. The van der Waals surface area contributed by atoms with Crippen LogP contribution in [-0.4, -0.2) is 4.57 Å². The van der Waals surface area contributed by atoms with Crippen LogP contribution >= 0.6 is 0 Å². The maximum absolute atomic E-state index is 7.50. The van der Waals surface area contributed by atoms with Crippen LogP contribution in [0.1, 0.15) is 12.0 Å². The van der Waals surface area contributed by atoms with Crippen molar-refractivity contribution in [2.24, 2.45) is 11.8 Å². The van der Waals surface area contributed by atoms with Gasteiger partial charge in [0.05, 0.1) is 0 Å². The molecule has 0 aliphatic heterocycles. The van der Waals surface area contributed by atoms with E-state index in [1.165, 1.54) is 12.0 Å². The summed E-state index contributed by atoms with van der Waals surface area (Å²) in [6, 6.07) is 10.2. The average Bonchev–Trinajstić information content (AvgIpc) is 3.54. The number of hydrogen-bond donors (Lipinski definition) is 0. The van der Waals surface area contributed by atoms with Crippen LogP contribution in [0, 0.1) is 45.1 Å². The fraction of sp³-hybridized carbons (Fsp3) is 0.222. The van der Waals surface area contributed by atoms with Gasteiger partial charge in [-0.05, 0) is 0 Å². The van der Waals surface area contributed by atoms with Crippen LogP contribution in [0.2, 0.25) is 0 Å². The molecule has 0 saturated heterocycles. The Hall–Kier alpha value is -1.98. The van der Waals surface area contributed by atoms with Gasteiger partial charge in [-0.2, -0.15) is 0 Å². The number of rotatable bonds is 5. The normalized spacial score (nSPS) is 14.5. The zero-order chi connectivity index (χ0) is 20.7. The molecule has 25 heavy (non-hydrogen) atoms. The first-order chi connectivity index (χ1) is 12.3. The van der Waals surface area contributed by atoms with E-state index in [-0.39, 0.29) is 0 Å². The van der Waals surface area contributed by atoms with Crippen molar-refractivity contribution < 1.29 is 43.8 Å². The summed E-state index contributed by atoms with van der Waals surface area (Å²) in [5.41, 5.74) is 1.21. The number of benzene rings is 1. The minimum absolute atomic E-state index is 0.561. The van der Waals surface area contributed by atoms with Crippen LogP contribution < -0.4 is 0 Å². The molecule has 1 saturated carbocycles. The Morgan fingerprint density at radius 1 is 1.00 bits per heavy atom. The predicted molar refractivity (Wildman–Crippen MR) is 77.7 cm³/mol. The standard InChI is InChI=1S/C13H14O.5CO.Cr/c1-2-12-8-13(12)10-14-9-11-6-4-3-5-7-11;5*1-2;/h2-7,12-13H,1,8-9H2;;;;;;/t12-,13+;;;;;;/m1....../s1.